The van der Waals surface area contributed by atoms with E-state index >= 15 is 0 Å². The molecule has 0 aliphatic carbocycles. The first-order valence-electron chi connectivity index (χ1n) is 7.56. The molecule has 1 aliphatic heterocycles. The van der Waals surface area contributed by atoms with Crippen LogP contribution in [0.25, 0.3) is 0 Å². The Hall–Kier alpha value is -1.81. The van der Waals surface area contributed by atoms with Crippen LogP contribution in [-0.4, -0.2) is 29.1 Å². The van der Waals surface area contributed by atoms with Gasteiger partial charge < -0.3 is 9.42 Å². The maximum Gasteiger partial charge on any atom is 0.276 e. The number of likely N-dealkylation sites (tertiary alicyclic amines) is 1. The highest BCUT2D eigenvalue weighted by Crippen LogP contribution is 2.32. The Bertz CT molecular complexity index is 681. The molecule has 1 fully saturated rings. The Kier molecular flexibility index (Phi) is 4.21. The Morgan fingerprint density at radius 1 is 1.41 bits per heavy atom. The minimum Gasteiger partial charge on any atom is -0.360 e. The van der Waals surface area contributed by atoms with Crippen LogP contribution in [0.3, 0.4) is 0 Å². The fourth-order valence-corrected chi connectivity index (χ4v) is 3.12. The third kappa shape index (κ3) is 2.88. The van der Waals surface area contributed by atoms with Gasteiger partial charge in [0.05, 0.1) is 0 Å². The van der Waals surface area contributed by atoms with Gasteiger partial charge in [0.25, 0.3) is 5.91 Å². The van der Waals surface area contributed by atoms with E-state index in [1.165, 1.54) is 0 Å². The minimum atomic E-state index is -0.0646. The summed E-state index contributed by atoms with van der Waals surface area (Å²) >= 11 is 6.26. The molecule has 116 valence electrons. The predicted octanol–water partition coefficient (Wildman–Crippen LogP) is 4.08. The lowest BCUT2D eigenvalue weighted by Gasteiger charge is -2.15. The molecule has 1 atom stereocenters. The first-order valence-corrected chi connectivity index (χ1v) is 7.94. The highest BCUT2D eigenvalue weighted by atomic mass is 35.5. The van der Waals surface area contributed by atoms with E-state index in [1.807, 2.05) is 43.0 Å². The number of hydrogen-bond donors (Lipinski definition) is 0. The van der Waals surface area contributed by atoms with E-state index in [9.17, 15) is 4.79 Å². The Labute approximate surface area is 135 Å². The highest BCUT2D eigenvalue weighted by molar-refractivity contribution is 6.31. The molecule has 4 nitrogen and oxygen atoms in total. The van der Waals surface area contributed by atoms with Crippen molar-refractivity contribution in [2.45, 2.75) is 32.1 Å². The van der Waals surface area contributed by atoms with Crippen LogP contribution in [0.4, 0.5) is 0 Å². The van der Waals surface area contributed by atoms with Crippen molar-refractivity contribution in [3.63, 3.8) is 0 Å². The summed E-state index contributed by atoms with van der Waals surface area (Å²) in [5, 5.41) is 4.67. The average molecular weight is 319 g/mol. The Morgan fingerprint density at radius 2 is 2.18 bits per heavy atom. The van der Waals surface area contributed by atoms with Crippen LogP contribution in [0.1, 0.15) is 53.9 Å². The number of hydrogen-bond acceptors (Lipinski definition) is 3. The summed E-state index contributed by atoms with van der Waals surface area (Å²) in [7, 11) is 0. The van der Waals surface area contributed by atoms with Gasteiger partial charge in [-0.3, -0.25) is 4.79 Å². The molecule has 0 saturated carbocycles. The third-order valence-corrected chi connectivity index (χ3v) is 4.48. The van der Waals surface area contributed by atoms with Crippen molar-refractivity contribution in [3.8, 4) is 0 Å². The summed E-state index contributed by atoms with van der Waals surface area (Å²) in [4.78, 5) is 14.3. The Morgan fingerprint density at radius 3 is 2.86 bits per heavy atom. The molecular formula is C17H19ClN2O2. The van der Waals surface area contributed by atoms with E-state index in [4.69, 9.17) is 16.1 Å². The number of rotatable bonds is 3. The van der Waals surface area contributed by atoms with Gasteiger partial charge in [-0.05, 0) is 18.1 Å². The molecule has 1 saturated heterocycles. The van der Waals surface area contributed by atoms with Gasteiger partial charge in [-0.15, -0.1) is 0 Å². The number of amides is 1. The van der Waals surface area contributed by atoms with Gasteiger partial charge in [0.1, 0.15) is 5.76 Å². The third-order valence-electron chi connectivity index (χ3n) is 4.14. The van der Waals surface area contributed by atoms with Crippen molar-refractivity contribution in [2.75, 3.05) is 13.1 Å². The standard InChI is InChI=1S/C17H19ClN2O2/c1-11(2)16-9-15(19-22-16)17(21)20-8-7-12(10-20)13-5-3-4-6-14(13)18/h3-6,9,11-12H,7-8,10H2,1-2H3. The van der Waals surface area contributed by atoms with Crippen LogP contribution >= 0.6 is 11.6 Å². The van der Waals surface area contributed by atoms with Crippen LogP contribution in [0.15, 0.2) is 34.9 Å². The smallest absolute Gasteiger partial charge is 0.276 e. The molecule has 1 aromatic carbocycles. The van der Waals surface area contributed by atoms with Gasteiger partial charge in [0, 0.05) is 36.0 Å². The molecule has 1 aromatic heterocycles. The lowest BCUT2D eigenvalue weighted by molar-refractivity contribution is 0.0780. The maximum absolute atomic E-state index is 12.5. The van der Waals surface area contributed by atoms with Crippen LogP contribution in [0.2, 0.25) is 5.02 Å². The molecule has 0 N–H and O–H groups in total. The predicted molar refractivity (Wildman–Crippen MR) is 85.3 cm³/mol. The van der Waals surface area contributed by atoms with Crippen LogP contribution < -0.4 is 0 Å². The van der Waals surface area contributed by atoms with Gasteiger partial charge >= 0.3 is 0 Å². The summed E-state index contributed by atoms with van der Waals surface area (Å²) in [6, 6.07) is 9.59. The molecule has 0 spiro atoms. The van der Waals surface area contributed by atoms with Crippen molar-refractivity contribution in [3.05, 3.63) is 52.4 Å². The van der Waals surface area contributed by atoms with Crippen molar-refractivity contribution in [1.82, 2.24) is 10.1 Å². The molecular weight excluding hydrogens is 300 g/mol. The van der Waals surface area contributed by atoms with E-state index < -0.39 is 0 Å². The first kappa shape index (κ1) is 15.1. The molecule has 5 heteroatoms. The van der Waals surface area contributed by atoms with Gasteiger partial charge in [0.15, 0.2) is 5.69 Å². The fourth-order valence-electron chi connectivity index (χ4n) is 2.83. The van der Waals surface area contributed by atoms with Crippen molar-refractivity contribution >= 4 is 17.5 Å². The molecule has 22 heavy (non-hydrogen) atoms. The van der Waals surface area contributed by atoms with E-state index in [0.717, 1.165) is 29.3 Å². The van der Waals surface area contributed by atoms with Crippen LogP contribution in [-0.2, 0) is 0 Å². The number of carbonyl (C=O) groups is 1. The highest BCUT2D eigenvalue weighted by Gasteiger charge is 2.30. The molecule has 2 aromatic rings. The quantitative estimate of drug-likeness (QED) is 0.856. The lowest BCUT2D eigenvalue weighted by Crippen LogP contribution is -2.28. The fraction of sp³-hybridized carbons (Fsp3) is 0.412. The second kappa shape index (κ2) is 6.13. The molecule has 1 aliphatic rings. The summed E-state index contributed by atoms with van der Waals surface area (Å²) in [5.41, 5.74) is 1.51. The molecule has 3 rings (SSSR count). The molecule has 0 bridgehead atoms. The summed E-state index contributed by atoms with van der Waals surface area (Å²) in [6.07, 6.45) is 0.921. The first-order chi connectivity index (χ1) is 10.6. The largest absolute Gasteiger partial charge is 0.360 e. The van der Waals surface area contributed by atoms with E-state index in [-0.39, 0.29) is 17.7 Å². The van der Waals surface area contributed by atoms with Crippen LogP contribution in [0, 0.1) is 0 Å². The topological polar surface area (TPSA) is 46.3 Å². The molecule has 0 radical (unpaired) electrons. The number of halogens is 1. The summed E-state index contributed by atoms with van der Waals surface area (Å²) in [5.74, 6) is 1.19. The summed E-state index contributed by atoms with van der Waals surface area (Å²) in [6.45, 7) is 5.42. The van der Waals surface area contributed by atoms with Gasteiger partial charge in [-0.25, -0.2) is 0 Å². The van der Waals surface area contributed by atoms with E-state index in [2.05, 4.69) is 5.16 Å². The molecule has 2 heterocycles. The second-order valence-electron chi connectivity index (χ2n) is 6.03. The monoisotopic (exact) mass is 318 g/mol. The normalized spacial score (nSPS) is 18.2. The zero-order chi connectivity index (χ0) is 15.7. The average Bonchev–Trinajstić information content (AvgIpc) is 3.17. The number of benzene rings is 1. The zero-order valence-corrected chi connectivity index (χ0v) is 13.5. The van der Waals surface area contributed by atoms with Gasteiger partial charge in [-0.2, -0.15) is 0 Å². The van der Waals surface area contributed by atoms with Gasteiger partial charge in [-0.1, -0.05) is 48.8 Å². The van der Waals surface area contributed by atoms with E-state index in [0.29, 0.717) is 12.2 Å². The zero-order valence-electron chi connectivity index (χ0n) is 12.8. The molecule has 1 unspecified atom stereocenters. The van der Waals surface area contributed by atoms with E-state index in [1.54, 1.807) is 6.07 Å². The van der Waals surface area contributed by atoms with Crippen molar-refractivity contribution in [1.29, 1.82) is 0 Å². The minimum absolute atomic E-state index is 0.0646. The van der Waals surface area contributed by atoms with Gasteiger partial charge in [0.2, 0.25) is 0 Å². The number of nitrogens with zero attached hydrogens (tertiary/aromatic N) is 2. The number of aromatic nitrogens is 1. The molecule has 1 amide bonds. The van der Waals surface area contributed by atoms with Crippen molar-refractivity contribution in [2.24, 2.45) is 0 Å². The maximum atomic E-state index is 12.5. The summed E-state index contributed by atoms with van der Waals surface area (Å²) < 4.78 is 5.22. The van der Waals surface area contributed by atoms with Crippen molar-refractivity contribution < 1.29 is 9.32 Å². The van der Waals surface area contributed by atoms with Crippen LogP contribution in [0.5, 0.6) is 0 Å². The Balaban J connectivity index is 1.72. The second-order valence-corrected chi connectivity index (χ2v) is 6.43. The lowest BCUT2D eigenvalue weighted by atomic mass is 9.98. The number of carbonyl (C=O) groups excluding carboxylic acids is 1. The SMILES string of the molecule is CC(C)c1cc(C(=O)N2CCC(c3ccccc3Cl)C2)no1.